The fraction of sp³-hybridized carbons (Fsp3) is 0.929. The highest BCUT2D eigenvalue weighted by Gasteiger charge is 2.36. The molecule has 0 aromatic carbocycles. The zero-order valence-electron chi connectivity index (χ0n) is 12.2. The number of hydrogen-bond acceptors (Lipinski definition) is 3. The number of nitrogens with one attached hydrogen (secondary N) is 1. The van der Waals surface area contributed by atoms with Gasteiger partial charge in [-0.25, -0.2) is 0 Å². The third-order valence-corrected chi connectivity index (χ3v) is 4.28. The van der Waals surface area contributed by atoms with Gasteiger partial charge in [-0.1, -0.05) is 32.6 Å². The van der Waals surface area contributed by atoms with Gasteiger partial charge in [0.15, 0.2) is 0 Å². The Labute approximate surface area is 111 Å². The predicted octanol–water partition coefficient (Wildman–Crippen LogP) is 1.49. The Bertz CT molecular complexity index is 260. The first kappa shape index (κ1) is 15.4. The molecule has 1 amide bonds. The number of nitrogens with zero attached hydrogens (tertiary/aromatic N) is 1. The van der Waals surface area contributed by atoms with Gasteiger partial charge in [0.1, 0.15) is 0 Å². The SMILES string of the molecule is CCCCC(N)C(=O)NCC1(N(C)C)CCCC1. The van der Waals surface area contributed by atoms with Crippen LogP contribution in [0.1, 0.15) is 51.9 Å². The molecule has 0 aliphatic heterocycles. The van der Waals surface area contributed by atoms with Crippen LogP contribution in [0.25, 0.3) is 0 Å². The summed E-state index contributed by atoms with van der Waals surface area (Å²) in [4.78, 5) is 14.2. The second-order valence-corrected chi connectivity index (χ2v) is 5.79. The Morgan fingerprint density at radius 1 is 1.39 bits per heavy atom. The maximum atomic E-state index is 11.9. The highest BCUT2D eigenvalue weighted by atomic mass is 16.2. The van der Waals surface area contributed by atoms with Gasteiger partial charge in [-0.05, 0) is 33.4 Å². The van der Waals surface area contributed by atoms with Gasteiger partial charge >= 0.3 is 0 Å². The third kappa shape index (κ3) is 3.95. The molecular formula is C14H29N3O. The molecule has 1 saturated carbocycles. The van der Waals surface area contributed by atoms with E-state index in [1.807, 2.05) is 0 Å². The quantitative estimate of drug-likeness (QED) is 0.725. The molecule has 0 spiro atoms. The van der Waals surface area contributed by atoms with Gasteiger partial charge in [0.2, 0.25) is 5.91 Å². The number of unbranched alkanes of at least 4 members (excludes halogenated alkanes) is 1. The van der Waals surface area contributed by atoms with Gasteiger partial charge in [-0.2, -0.15) is 0 Å². The normalized spacial score (nSPS) is 20.1. The van der Waals surface area contributed by atoms with Gasteiger partial charge in [0, 0.05) is 12.1 Å². The predicted molar refractivity (Wildman–Crippen MR) is 75.4 cm³/mol. The molecule has 0 aromatic heterocycles. The van der Waals surface area contributed by atoms with Gasteiger partial charge in [-0.3, -0.25) is 4.79 Å². The summed E-state index contributed by atoms with van der Waals surface area (Å²) in [7, 11) is 4.21. The number of rotatable bonds is 7. The van der Waals surface area contributed by atoms with E-state index < -0.39 is 0 Å². The van der Waals surface area contributed by atoms with Crippen molar-refractivity contribution < 1.29 is 4.79 Å². The van der Waals surface area contributed by atoms with Gasteiger partial charge < -0.3 is 16.0 Å². The van der Waals surface area contributed by atoms with E-state index in [2.05, 4.69) is 31.2 Å². The van der Waals surface area contributed by atoms with E-state index in [4.69, 9.17) is 5.73 Å². The molecule has 3 N–H and O–H groups in total. The molecule has 106 valence electrons. The van der Waals surface area contributed by atoms with Crippen LogP contribution in [0.15, 0.2) is 0 Å². The molecule has 1 atom stereocenters. The van der Waals surface area contributed by atoms with Gasteiger partial charge in [-0.15, -0.1) is 0 Å². The van der Waals surface area contributed by atoms with E-state index in [-0.39, 0.29) is 17.5 Å². The van der Waals surface area contributed by atoms with Crippen molar-refractivity contribution in [2.24, 2.45) is 5.73 Å². The highest BCUT2D eigenvalue weighted by molar-refractivity contribution is 5.81. The zero-order valence-corrected chi connectivity index (χ0v) is 12.2. The molecule has 4 nitrogen and oxygen atoms in total. The van der Waals surface area contributed by atoms with E-state index in [1.165, 1.54) is 25.7 Å². The molecule has 18 heavy (non-hydrogen) atoms. The lowest BCUT2D eigenvalue weighted by Crippen LogP contribution is -2.53. The lowest BCUT2D eigenvalue weighted by Gasteiger charge is -2.36. The van der Waals surface area contributed by atoms with Crippen LogP contribution in [-0.2, 0) is 4.79 Å². The number of carbonyl (C=O) groups is 1. The molecule has 1 aliphatic carbocycles. The number of likely N-dealkylation sites (N-methyl/N-ethyl adjacent to an activating group) is 1. The Kier molecular flexibility index (Phi) is 6.09. The molecule has 0 radical (unpaired) electrons. The topological polar surface area (TPSA) is 58.4 Å². The molecule has 4 heteroatoms. The monoisotopic (exact) mass is 255 g/mol. The number of amides is 1. The van der Waals surface area contributed by atoms with E-state index in [1.54, 1.807) is 0 Å². The van der Waals surface area contributed by atoms with Crippen molar-refractivity contribution >= 4 is 5.91 Å². The molecular weight excluding hydrogens is 226 g/mol. The van der Waals surface area contributed by atoms with Crippen molar-refractivity contribution in [3.8, 4) is 0 Å². The molecule has 1 unspecified atom stereocenters. The van der Waals surface area contributed by atoms with Crippen LogP contribution in [-0.4, -0.2) is 43.0 Å². The lowest BCUT2D eigenvalue weighted by atomic mass is 9.95. The van der Waals surface area contributed by atoms with Crippen LogP contribution in [0, 0.1) is 0 Å². The van der Waals surface area contributed by atoms with E-state index in [0.717, 1.165) is 25.8 Å². The summed E-state index contributed by atoms with van der Waals surface area (Å²) in [5.41, 5.74) is 6.03. The molecule has 1 rings (SSSR count). The Morgan fingerprint density at radius 3 is 2.50 bits per heavy atom. The number of hydrogen-bond donors (Lipinski definition) is 2. The maximum absolute atomic E-state index is 11.9. The number of carbonyl (C=O) groups excluding carboxylic acids is 1. The van der Waals surface area contributed by atoms with Crippen LogP contribution >= 0.6 is 0 Å². The molecule has 1 fully saturated rings. The fourth-order valence-electron chi connectivity index (χ4n) is 2.75. The van der Waals surface area contributed by atoms with Crippen molar-refractivity contribution in [3.05, 3.63) is 0 Å². The average molecular weight is 255 g/mol. The smallest absolute Gasteiger partial charge is 0.236 e. The third-order valence-electron chi connectivity index (χ3n) is 4.28. The van der Waals surface area contributed by atoms with Crippen LogP contribution in [0.2, 0.25) is 0 Å². The molecule has 1 aliphatic rings. The standard InChI is InChI=1S/C14H29N3O/c1-4-5-8-12(15)13(18)16-11-14(17(2)3)9-6-7-10-14/h12H,4-11,15H2,1-3H3,(H,16,18). The van der Waals surface area contributed by atoms with Gasteiger partial charge in [0.25, 0.3) is 0 Å². The summed E-state index contributed by atoms with van der Waals surface area (Å²) in [6, 6.07) is -0.342. The van der Waals surface area contributed by atoms with Crippen LogP contribution in [0.3, 0.4) is 0 Å². The summed E-state index contributed by atoms with van der Waals surface area (Å²) < 4.78 is 0. The molecule has 0 bridgehead atoms. The van der Waals surface area contributed by atoms with Crippen molar-refractivity contribution in [2.75, 3.05) is 20.6 Å². The van der Waals surface area contributed by atoms with Crippen molar-refractivity contribution in [1.82, 2.24) is 10.2 Å². The zero-order chi connectivity index (χ0) is 13.6. The average Bonchev–Trinajstić information content (AvgIpc) is 2.83. The number of nitrogens with two attached hydrogens (primary N) is 1. The van der Waals surface area contributed by atoms with Crippen molar-refractivity contribution in [2.45, 2.75) is 63.5 Å². The largest absolute Gasteiger partial charge is 0.353 e. The minimum atomic E-state index is -0.342. The van der Waals surface area contributed by atoms with Crippen LogP contribution < -0.4 is 11.1 Å². The van der Waals surface area contributed by atoms with E-state index in [0.29, 0.717) is 0 Å². The van der Waals surface area contributed by atoms with Gasteiger partial charge in [0.05, 0.1) is 6.04 Å². The van der Waals surface area contributed by atoms with E-state index >= 15 is 0 Å². The minimum Gasteiger partial charge on any atom is -0.353 e. The summed E-state index contributed by atoms with van der Waals surface area (Å²) in [6.07, 6.45) is 7.76. The second kappa shape index (κ2) is 7.10. The van der Waals surface area contributed by atoms with Crippen LogP contribution in [0.5, 0.6) is 0 Å². The second-order valence-electron chi connectivity index (χ2n) is 5.79. The van der Waals surface area contributed by atoms with Crippen molar-refractivity contribution in [1.29, 1.82) is 0 Å². The first-order valence-corrected chi connectivity index (χ1v) is 7.22. The molecule has 0 saturated heterocycles. The first-order chi connectivity index (χ1) is 8.52. The summed E-state index contributed by atoms with van der Waals surface area (Å²) >= 11 is 0. The Balaban J connectivity index is 2.40. The summed E-state index contributed by atoms with van der Waals surface area (Å²) in [5, 5.41) is 3.05. The Morgan fingerprint density at radius 2 is 2.00 bits per heavy atom. The summed E-state index contributed by atoms with van der Waals surface area (Å²) in [5.74, 6) is 0.0107. The molecule has 0 aromatic rings. The van der Waals surface area contributed by atoms with E-state index in [9.17, 15) is 4.79 Å². The highest BCUT2D eigenvalue weighted by Crippen LogP contribution is 2.33. The summed E-state index contributed by atoms with van der Waals surface area (Å²) in [6.45, 7) is 2.85. The minimum absolute atomic E-state index is 0.0107. The maximum Gasteiger partial charge on any atom is 0.236 e. The first-order valence-electron chi connectivity index (χ1n) is 7.22. The Hall–Kier alpha value is -0.610. The molecule has 0 heterocycles. The van der Waals surface area contributed by atoms with Crippen LogP contribution in [0.4, 0.5) is 0 Å². The lowest BCUT2D eigenvalue weighted by molar-refractivity contribution is -0.123. The fourth-order valence-corrected chi connectivity index (χ4v) is 2.75. The van der Waals surface area contributed by atoms with Crippen molar-refractivity contribution in [3.63, 3.8) is 0 Å².